The highest BCUT2D eigenvalue weighted by atomic mass is 19.1. The summed E-state index contributed by atoms with van der Waals surface area (Å²) in [6, 6.07) is 4.77. The number of carbonyl (C=O) groups excluding carboxylic acids is 1. The number of nitrogens with one attached hydrogen (secondary N) is 1. The van der Waals surface area contributed by atoms with Crippen molar-refractivity contribution in [2.45, 2.75) is 32.8 Å². The van der Waals surface area contributed by atoms with Crippen LogP contribution in [0.2, 0.25) is 0 Å². The van der Waals surface area contributed by atoms with Crippen LogP contribution in [0, 0.1) is 5.82 Å². The Balaban J connectivity index is 2.71. The largest absolute Gasteiger partial charge is 0.377 e. The maximum absolute atomic E-state index is 13.7. The Kier molecular flexibility index (Phi) is 6.36. The van der Waals surface area contributed by atoms with Crippen LogP contribution in [-0.2, 0) is 22.6 Å². The molecule has 0 aromatic heterocycles. The smallest absolute Gasteiger partial charge is 0.224 e. The molecular weight excluding hydrogens is 233 g/mol. The van der Waals surface area contributed by atoms with Gasteiger partial charge in [0.1, 0.15) is 5.82 Å². The van der Waals surface area contributed by atoms with E-state index in [1.165, 1.54) is 6.07 Å². The Bertz CT molecular complexity index is 393. The van der Waals surface area contributed by atoms with Gasteiger partial charge in [-0.3, -0.25) is 4.79 Å². The molecule has 1 aromatic rings. The fourth-order valence-corrected chi connectivity index (χ4v) is 1.61. The number of amides is 1. The van der Waals surface area contributed by atoms with Gasteiger partial charge in [0.05, 0.1) is 13.0 Å². The molecule has 1 aromatic carbocycles. The van der Waals surface area contributed by atoms with Crippen LogP contribution in [-0.4, -0.2) is 19.6 Å². The van der Waals surface area contributed by atoms with Gasteiger partial charge in [-0.2, -0.15) is 0 Å². The van der Waals surface area contributed by atoms with Crippen molar-refractivity contribution in [3.63, 3.8) is 0 Å². The molecule has 0 aliphatic rings. The zero-order valence-electron chi connectivity index (χ0n) is 11.0. The second kappa shape index (κ2) is 7.82. The fraction of sp³-hybridized carbons (Fsp3) is 0.500. The first kappa shape index (κ1) is 14.6. The summed E-state index contributed by atoms with van der Waals surface area (Å²) >= 11 is 0. The van der Waals surface area contributed by atoms with Gasteiger partial charge < -0.3 is 10.1 Å². The zero-order chi connectivity index (χ0) is 13.4. The molecule has 0 atom stereocenters. The molecule has 0 aliphatic heterocycles. The van der Waals surface area contributed by atoms with E-state index in [9.17, 15) is 9.18 Å². The highest BCUT2D eigenvalue weighted by Crippen LogP contribution is 2.16. The minimum atomic E-state index is -0.312. The third-order valence-corrected chi connectivity index (χ3v) is 2.73. The van der Waals surface area contributed by atoms with E-state index in [0.717, 1.165) is 12.8 Å². The van der Waals surface area contributed by atoms with Crippen LogP contribution >= 0.6 is 0 Å². The summed E-state index contributed by atoms with van der Waals surface area (Å²) in [4.78, 5) is 11.3. The van der Waals surface area contributed by atoms with Gasteiger partial charge in [-0.05, 0) is 18.1 Å². The summed E-state index contributed by atoms with van der Waals surface area (Å²) in [5.41, 5.74) is 1.17. The summed E-state index contributed by atoms with van der Waals surface area (Å²) in [6.07, 6.45) is 2.18. The van der Waals surface area contributed by atoms with Crippen molar-refractivity contribution >= 4 is 5.91 Å². The van der Waals surface area contributed by atoms with E-state index in [4.69, 9.17) is 4.74 Å². The summed E-state index contributed by atoms with van der Waals surface area (Å²) in [5.74, 6) is -0.441. The van der Waals surface area contributed by atoms with E-state index in [-0.39, 0.29) is 24.8 Å². The lowest BCUT2D eigenvalue weighted by atomic mass is 10.0. The Labute approximate surface area is 107 Å². The van der Waals surface area contributed by atoms with Crippen LogP contribution in [0.15, 0.2) is 18.2 Å². The molecular formula is C14H20FNO2. The quantitative estimate of drug-likeness (QED) is 0.758. The van der Waals surface area contributed by atoms with E-state index in [2.05, 4.69) is 12.2 Å². The van der Waals surface area contributed by atoms with Gasteiger partial charge in [-0.15, -0.1) is 0 Å². The number of halogens is 1. The molecule has 1 rings (SSSR count). The van der Waals surface area contributed by atoms with Gasteiger partial charge in [-0.25, -0.2) is 4.39 Å². The van der Waals surface area contributed by atoms with Crippen molar-refractivity contribution in [1.82, 2.24) is 5.32 Å². The summed E-state index contributed by atoms with van der Waals surface area (Å²) in [7, 11) is 1.57. The first-order valence-electron chi connectivity index (χ1n) is 6.23. The van der Waals surface area contributed by atoms with E-state index in [1.807, 2.05) is 0 Å². The van der Waals surface area contributed by atoms with Gasteiger partial charge in [0, 0.05) is 19.2 Å². The minimum Gasteiger partial charge on any atom is -0.377 e. The average molecular weight is 253 g/mol. The topological polar surface area (TPSA) is 38.3 Å². The number of rotatable bonds is 7. The molecule has 18 heavy (non-hydrogen) atoms. The molecule has 0 aliphatic carbocycles. The molecule has 0 spiro atoms. The van der Waals surface area contributed by atoms with E-state index < -0.39 is 0 Å². The first-order valence-corrected chi connectivity index (χ1v) is 6.23. The Morgan fingerprint density at radius 1 is 1.44 bits per heavy atom. The van der Waals surface area contributed by atoms with Crippen molar-refractivity contribution < 1.29 is 13.9 Å². The normalized spacial score (nSPS) is 10.4. The first-order chi connectivity index (χ1) is 8.69. The lowest BCUT2D eigenvalue weighted by Crippen LogP contribution is -2.21. The Hall–Kier alpha value is -1.42. The van der Waals surface area contributed by atoms with Crippen molar-refractivity contribution in [2.75, 3.05) is 13.7 Å². The van der Waals surface area contributed by atoms with Gasteiger partial charge in [0.15, 0.2) is 0 Å². The van der Waals surface area contributed by atoms with Gasteiger partial charge in [0.2, 0.25) is 5.91 Å². The third kappa shape index (κ3) is 4.45. The predicted octanol–water partition coefficient (Wildman–Crippen LogP) is 2.43. The number of ether oxygens (including phenoxy) is 1. The number of hydrogen-bond acceptors (Lipinski definition) is 2. The van der Waals surface area contributed by atoms with Crippen LogP contribution in [0.3, 0.4) is 0 Å². The average Bonchev–Trinajstić information content (AvgIpc) is 2.37. The molecule has 0 saturated heterocycles. The van der Waals surface area contributed by atoms with Crippen LogP contribution < -0.4 is 5.32 Å². The molecule has 4 heteroatoms. The Morgan fingerprint density at radius 3 is 2.89 bits per heavy atom. The summed E-state index contributed by atoms with van der Waals surface area (Å²) < 4.78 is 19.1. The molecule has 0 fully saturated rings. The molecule has 0 heterocycles. The van der Waals surface area contributed by atoms with Gasteiger partial charge >= 0.3 is 0 Å². The Morgan fingerprint density at radius 2 is 2.22 bits per heavy atom. The summed E-state index contributed by atoms with van der Waals surface area (Å²) in [5, 5.41) is 2.53. The highest BCUT2D eigenvalue weighted by molar-refractivity contribution is 5.78. The van der Waals surface area contributed by atoms with Crippen molar-refractivity contribution in [3.05, 3.63) is 35.1 Å². The summed E-state index contributed by atoms with van der Waals surface area (Å²) in [6.45, 7) is 2.91. The van der Waals surface area contributed by atoms with Crippen LogP contribution in [0.25, 0.3) is 0 Å². The van der Waals surface area contributed by atoms with E-state index in [0.29, 0.717) is 17.7 Å². The second-order valence-electron chi connectivity index (χ2n) is 4.13. The molecule has 1 amide bonds. The molecule has 0 radical (unpaired) electrons. The molecule has 0 bridgehead atoms. The SMILES string of the molecule is CCCCOCc1c(F)cccc1CC(=O)NC. The lowest BCUT2D eigenvalue weighted by molar-refractivity contribution is -0.119. The number of hydrogen-bond donors (Lipinski definition) is 1. The van der Waals surface area contributed by atoms with Crippen LogP contribution in [0.4, 0.5) is 4.39 Å². The second-order valence-corrected chi connectivity index (χ2v) is 4.13. The maximum atomic E-state index is 13.7. The number of unbranched alkanes of at least 4 members (excludes halogenated alkanes) is 1. The number of carbonyl (C=O) groups is 1. The third-order valence-electron chi connectivity index (χ3n) is 2.73. The van der Waals surface area contributed by atoms with Crippen molar-refractivity contribution in [2.24, 2.45) is 0 Å². The van der Waals surface area contributed by atoms with E-state index in [1.54, 1.807) is 19.2 Å². The lowest BCUT2D eigenvalue weighted by Gasteiger charge is -2.10. The predicted molar refractivity (Wildman–Crippen MR) is 68.7 cm³/mol. The molecule has 0 unspecified atom stereocenters. The van der Waals surface area contributed by atoms with E-state index >= 15 is 0 Å². The highest BCUT2D eigenvalue weighted by Gasteiger charge is 2.11. The maximum Gasteiger partial charge on any atom is 0.224 e. The van der Waals surface area contributed by atoms with Crippen molar-refractivity contribution in [1.29, 1.82) is 0 Å². The number of likely N-dealkylation sites (N-methyl/N-ethyl adjacent to an activating group) is 1. The number of benzene rings is 1. The van der Waals surface area contributed by atoms with Gasteiger partial charge in [-0.1, -0.05) is 25.5 Å². The molecule has 100 valence electrons. The van der Waals surface area contributed by atoms with Gasteiger partial charge in [0.25, 0.3) is 0 Å². The zero-order valence-corrected chi connectivity index (χ0v) is 11.0. The molecule has 1 N–H and O–H groups in total. The van der Waals surface area contributed by atoms with Crippen molar-refractivity contribution in [3.8, 4) is 0 Å². The standard InChI is InChI=1S/C14H20FNO2/c1-3-4-8-18-10-12-11(9-14(17)16-2)6-5-7-13(12)15/h5-7H,3-4,8-10H2,1-2H3,(H,16,17). The van der Waals surface area contributed by atoms with Crippen LogP contribution in [0.1, 0.15) is 30.9 Å². The molecule has 3 nitrogen and oxygen atoms in total. The molecule has 0 saturated carbocycles. The monoisotopic (exact) mass is 253 g/mol. The fourth-order valence-electron chi connectivity index (χ4n) is 1.61. The minimum absolute atomic E-state index is 0.129. The van der Waals surface area contributed by atoms with Crippen LogP contribution in [0.5, 0.6) is 0 Å².